The molecule has 19 heavy (non-hydrogen) atoms. The second-order valence-electron chi connectivity index (χ2n) is 5.75. The van der Waals surface area contributed by atoms with Crippen molar-refractivity contribution in [3.8, 4) is 0 Å². The van der Waals surface area contributed by atoms with Gasteiger partial charge in [-0.1, -0.05) is 0 Å². The first kappa shape index (κ1) is 12.7. The van der Waals surface area contributed by atoms with Gasteiger partial charge >= 0.3 is 5.97 Å². The molecule has 0 radical (unpaired) electrons. The van der Waals surface area contributed by atoms with Gasteiger partial charge in [-0.3, -0.25) is 0 Å². The van der Waals surface area contributed by atoms with E-state index in [1.165, 1.54) is 24.7 Å². The topological polar surface area (TPSA) is 88.4 Å². The maximum Gasteiger partial charge on any atom is 0.352 e. The Morgan fingerprint density at radius 1 is 1.47 bits per heavy atom. The minimum Gasteiger partial charge on any atom is -0.477 e. The van der Waals surface area contributed by atoms with Gasteiger partial charge in [-0.15, -0.1) is 0 Å². The van der Waals surface area contributed by atoms with Crippen molar-refractivity contribution in [3.63, 3.8) is 0 Å². The highest BCUT2D eigenvalue weighted by Gasteiger charge is 2.58. The molecule has 3 fully saturated rings. The zero-order valence-corrected chi connectivity index (χ0v) is 11.6. The maximum absolute atomic E-state index is 12.4. The second kappa shape index (κ2) is 3.61. The Bertz CT molecular complexity index is 657. The Balaban J connectivity index is 1.97. The number of carboxylic acid groups (broad SMARTS) is 1. The molecule has 4 rings (SSSR count). The van der Waals surface area contributed by atoms with E-state index in [2.05, 4.69) is 4.72 Å². The molecule has 0 atom stereocenters. The number of hydrogen-bond donors (Lipinski definition) is 2. The summed E-state index contributed by atoms with van der Waals surface area (Å²) in [6.07, 6.45) is 4.09. The number of aromatic nitrogens is 1. The monoisotopic (exact) mass is 284 g/mol. The number of carboxylic acids is 1. The Kier molecular flexibility index (Phi) is 2.41. The number of nitrogens with zero attached hydrogens (tertiary/aromatic N) is 1. The van der Waals surface area contributed by atoms with Gasteiger partial charge in [0.05, 0.1) is 0 Å². The van der Waals surface area contributed by atoms with Gasteiger partial charge in [0, 0.05) is 24.3 Å². The largest absolute Gasteiger partial charge is 0.477 e. The molecule has 0 aliphatic heterocycles. The van der Waals surface area contributed by atoms with Crippen molar-refractivity contribution in [2.75, 3.05) is 0 Å². The average molecular weight is 284 g/mol. The van der Waals surface area contributed by atoms with Gasteiger partial charge in [-0.2, -0.15) is 0 Å². The third-order valence-corrected chi connectivity index (χ3v) is 5.96. The summed E-state index contributed by atoms with van der Waals surface area (Å²) < 4.78 is 28.8. The lowest BCUT2D eigenvalue weighted by Crippen LogP contribution is -2.67. The van der Waals surface area contributed by atoms with Crippen LogP contribution in [0.5, 0.6) is 0 Å². The van der Waals surface area contributed by atoms with Gasteiger partial charge in [0.25, 0.3) is 0 Å². The van der Waals surface area contributed by atoms with Crippen LogP contribution in [0.4, 0.5) is 0 Å². The predicted octanol–water partition coefficient (Wildman–Crippen LogP) is 0.863. The highest BCUT2D eigenvalue weighted by molar-refractivity contribution is 7.89. The van der Waals surface area contributed by atoms with E-state index in [1.54, 1.807) is 0 Å². The van der Waals surface area contributed by atoms with Gasteiger partial charge in [0.15, 0.2) is 0 Å². The molecule has 7 heteroatoms. The van der Waals surface area contributed by atoms with E-state index in [0.717, 1.165) is 19.3 Å². The molecule has 3 saturated carbocycles. The van der Waals surface area contributed by atoms with Crippen molar-refractivity contribution in [2.45, 2.75) is 36.6 Å². The van der Waals surface area contributed by atoms with E-state index < -0.39 is 16.0 Å². The van der Waals surface area contributed by atoms with Crippen molar-refractivity contribution >= 4 is 16.0 Å². The number of sulfonamides is 1. The van der Waals surface area contributed by atoms with Crippen LogP contribution in [0.3, 0.4) is 0 Å². The van der Waals surface area contributed by atoms with Crippen LogP contribution in [0.1, 0.15) is 35.3 Å². The molecule has 2 N–H and O–H groups in total. The minimum atomic E-state index is -3.64. The lowest BCUT2D eigenvalue weighted by Gasteiger charge is -2.61. The van der Waals surface area contributed by atoms with Crippen LogP contribution < -0.4 is 4.72 Å². The third-order valence-electron chi connectivity index (χ3n) is 4.27. The summed E-state index contributed by atoms with van der Waals surface area (Å²) in [5.41, 5.74) is 0.0434. The van der Waals surface area contributed by atoms with Gasteiger partial charge in [-0.05, 0) is 32.1 Å². The second-order valence-corrected chi connectivity index (χ2v) is 7.40. The molecule has 0 saturated heterocycles. The molecule has 1 aromatic heterocycles. The summed E-state index contributed by atoms with van der Waals surface area (Å²) in [5.74, 6) is -0.443. The quantitative estimate of drug-likeness (QED) is 0.858. The number of rotatable bonds is 4. The molecule has 104 valence electrons. The van der Waals surface area contributed by atoms with Gasteiger partial charge in [0.2, 0.25) is 10.0 Å². The summed E-state index contributed by atoms with van der Waals surface area (Å²) in [4.78, 5) is 11.2. The molecule has 1 heterocycles. The molecule has 2 bridgehead atoms. The molecule has 0 aromatic carbocycles. The van der Waals surface area contributed by atoms with Crippen LogP contribution in [-0.4, -0.2) is 29.6 Å². The fourth-order valence-electron chi connectivity index (χ4n) is 3.24. The smallest absolute Gasteiger partial charge is 0.352 e. The molecular formula is C12H16N2O4S. The number of hydrogen-bond acceptors (Lipinski definition) is 3. The van der Waals surface area contributed by atoms with Crippen LogP contribution in [0.2, 0.25) is 0 Å². The zero-order chi connectivity index (χ0) is 14.0. The van der Waals surface area contributed by atoms with Gasteiger partial charge in [-0.25, -0.2) is 17.9 Å². The first-order chi connectivity index (χ1) is 8.74. The summed E-state index contributed by atoms with van der Waals surface area (Å²) in [6, 6.07) is 0. The van der Waals surface area contributed by atoms with Gasteiger partial charge in [0.1, 0.15) is 10.6 Å². The Morgan fingerprint density at radius 2 is 2.05 bits per heavy atom. The standard InChI is InChI=1S/C12H16N2O4S/c1-7-9(6-14(2)10(7)11(15)16)19(17,18)13-12-3-8(4-12)5-12/h6,8,13H,3-5H2,1-2H3,(H,15,16). The molecular weight excluding hydrogens is 268 g/mol. The number of nitrogens with one attached hydrogen (secondary N) is 1. The molecule has 3 aliphatic rings. The summed E-state index contributed by atoms with van der Waals surface area (Å²) in [7, 11) is -2.10. The number of carbonyl (C=O) groups is 1. The van der Waals surface area contributed by atoms with E-state index in [9.17, 15) is 13.2 Å². The van der Waals surface area contributed by atoms with Crippen LogP contribution in [-0.2, 0) is 17.1 Å². The van der Waals surface area contributed by atoms with Crippen molar-refractivity contribution in [2.24, 2.45) is 13.0 Å². The van der Waals surface area contributed by atoms with E-state index >= 15 is 0 Å². The normalized spacial score (nSPS) is 28.6. The van der Waals surface area contributed by atoms with Crippen molar-refractivity contribution in [1.82, 2.24) is 9.29 Å². The van der Waals surface area contributed by atoms with Crippen molar-refractivity contribution < 1.29 is 18.3 Å². The average Bonchev–Trinajstić information content (AvgIpc) is 2.47. The maximum atomic E-state index is 12.4. The van der Waals surface area contributed by atoms with Crippen LogP contribution >= 0.6 is 0 Å². The van der Waals surface area contributed by atoms with Crippen LogP contribution in [0, 0.1) is 12.8 Å². The predicted molar refractivity (Wildman–Crippen MR) is 67.5 cm³/mol. The number of aryl methyl sites for hydroxylation is 1. The highest BCUT2D eigenvalue weighted by Crippen LogP contribution is 2.57. The molecule has 1 aromatic rings. The third kappa shape index (κ3) is 1.72. The zero-order valence-electron chi connectivity index (χ0n) is 10.8. The summed E-state index contributed by atoms with van der Waals surface area (Å²) >= 11 is 0. The fourth-order valence-corrected chi connectivity index (χ4v) is 4.97. The summed E-state index contributed by atoms with van der Waals surface area (Å²) in [6.45, 7) is 1.53. The summed E-state index contributed by atoms with van der Waals surface area (Å²) in [5, 5.41) is 9.09. The molecule has 0 amide bonds. The van der Waals surface area contributed by atoms with E-state index in [-0.39, 0.29) is 21.7 Å². The van der Waals surface area contributed by atoms with E-state index in [0.29, 0.717) is 5.92 Å². The van der Waals surface area contributed by atoms with Crippen LogP contribution in [0.25, 0.3) is 0 Å². The molecule has 3 aliphatic carbocycles. The highest BCUT2D eigenvalue weighted by atomic mass is 32.2. The fraction of sp³-hybridized carbons (Fsp3) is 0.583. The van der Waals surface area contributed by atoms with Crippen molar-refractivity contribution in [3.05, 3.63) is 17.5 Å². The first-order valence-corrected chi connectivity index (χ1v) is 7.66. The first-order valence-electron chi connectivity index (χ1n) is 6.17. The Morgan fingerprint density at radius 3 is 2.42 bits per heavy atom. The minimum absolute atomic E-state index is 0.0120. The van der Waals surface area contributed by atoms with E-state index in [4.69, 9.17) is 5.11 Å². The molecule has 6 nitrogen and oxygen atoms in total. The van der Waals surface area contributed by atoms with Gasteiger partial charge < -0.3 is 9.67 Å². The van der Waals surface area contributed by atoms with Crippen LogP contribution in [0.15, 0.2) is 11.1 Å². The SMILES string of the molecule is Cc1c(S(=O)(=O)NC23CC(C2)C3)cn(C)c1C(=O)O. The molecule has 0 spiro atoms. The lowest BCUT2D eigenvalue weighted by molar-refractivity contribution is -0.0317. The molecule has 0 unspecified atom stereocenters. The van der Waals surface area contributed by atoms with Crippen molar-refractivity contribution in [1.29, 1.82) is 0 Å². The Hall–Kier alpha value is -1.34. The Labute approximate surface area is 111 Å². The lowest BCUT2D eigenvalue weighted by atomic mass is 9.50. The van der Waals surface area contributed by atoms with E-state index in [1.807, 2.05) is 0 Å². The number of aromatic carboxylic acids is 1.